The number of nitrogens with two attached hydrogens (primary N) is 1. The van der Waals surface area contributed by atoms with Crippen LogP contribution < -0.4 is 5.73 Å². The highest BCUT2D eigenvalue weighted by Gasteiger charge is 2.43. The van der Waals surface area contributed by atoms with Gasteiger partial charge in [0, 0.05) is 25.8 Å². The minimum absolute atomic E-state index is 0.0898. The first-order valence-corrected chi connectivity index (χ1v) is 8.36. The zero-order valence-corrected chi connectivity index (χ0v) is 13.8. The molecule has 2 rings (SSSR count). The number of morpholine rings is 1. The van der Waals surface area contributed by atoms with Crippen LogP contribution in [0.3, 0.4) is 0 Å². The fraction of sp³-hybridized carbons (Fsp3) is 0.643. The Morgan fingerprint density at radius 3 is 2.38 bits per heavy atom. The van der Waals surface area contributed by atoms with E-state index in [0.29, 0.717) is 18.8 Å². The van der Waals surface area contributed by atoms with Crippen LogP contribution in [0.25, 0.3) is 0 Å². The second-order valence-corrected chi connectivity index (χ2v) is 8.45. The molecule has 1 fully saturated rings. The minimum atomic E-state index is -3.64. The smallest absolute Gasteiger partial charge is 0.245 e. The van der Waals surface area contributed by atoms with Gasteiger partial charge in [-0.15, -0.1) is 0 Å². The summed E-state index contributed by atoms with van der Waals surface area (Å²) in [4.78, 5) is 4.25. The minimum Gasteiger partial charge on any atom is -0.367 e. The summed E-state index contributed by atoms with van der Waals surface area (Å²) in [6.07, 6.45) is 1.55. The third-order valence-corrected chi connectivity index (χ3v) is 5.19. The molecule has 0 atom stereocenters. The molecular weight excluding hydrogens is 290 g/mol. The van der Waals surface area contributed by atoms with E-state index in [1.165, 1.54) is 4.31 Å². The van der Waals surface area contributed by atoms with E-state index in [4.69, 9.17) is 10.5 Å². The van der Waals surface area contributed by atoms with Crippen molar-refractivity contribution in [1.29, 1.82) is 0 Å². The number of rotatable bonds is 3. The average molecular weight is 313 g/mol. The lowest BCUT2D eigenvalue weighted by atomic mass is 10.0. The van der Waals surface area contributed by atoms with Crippen molar-refractivity contribution in [2.75, 3.05) is 13.1 Å². The van der Waals surface area contributed by atoms with Crippen LogP contribution in [0, 0.1) is 0 Å². The number of pyridine rings is 1. The van der Waals surface area contributed by atoms with Crippen molar-refractivity contribution in [2.24, 2.45) is 5.73 Å². The lowest BCUT2D eigenvalue weighted by Gasteiger charge is -2.46. The molecule has 0 aromatic carbocycles. The van der Waals surface area contributed by atoms with E-state index in [-0.39, 0.29) is 11.4 Å². The number of hydrogen-bond donors (Lipinski definition) is 1. The Morgan fingerprint density at radius 1 is 1.29 bits per heavy atom. The zero-order valence-electron chi connectivity index (χ0n) is 13.0. The Balaban J connectivity index is 2.44. The van der Waals surface area contributed by atoms with Crippen molar-refractivity contribution in [2.45, 2.75) is 50.3 Å². The third-order valence-electron chi connectivity index (χ3n) is 3.33. The first-order valence-electron chi connectivity index (χ1n) is 6.92. The fourth-order valence-corrected chi connectivity index (χ4v) is 4.76. The van der Waals surface area contributed by atoms with Crippen LogP contribution in [-0.4, -0.2) is 42.0 Å². The average Bonchev–Trinajstić information content (AvgIpc) is 2.35. The van der Waals surface area contributed by atoms with E-state index in [0.717, 1.165) is 0 Å². The van der Waals surface area contributed by atoms with Gasteiger partial charge in [-0.3, -0.25) is 4.98 Å². The number of aromatic nitrogens is 1. The standard InChI is InChI=1S/C14H23N3O3S/c1-13(2)9-17(10-14(3,4)20-13)21(18,19)12-6-5-7-16-11(12)8-15/h5-7H,8-10,15H2,1-4H3. The van der Waals surface area contributed by atoms with Gasteiger partial charge in [0.15, 0.2) is 0 Å². The number of nitrogens with zero attached hydrogens (tertiary/aromatic N) is 2. The molecule has 1 aliphatic rings. The van der Waals surface area contributed by atoms with Crippen LogP contribution in [0.2, 0.25) is 0 Å². The molecule has 1 saturated heterocycles. The fourth-order valence-electron chi connectivity index (χ4n) is 2.84. The maximum Gasteiger partial charge on any atom is 0.245 e. The maximum absolute atomic E-state index is 12.9. The van der Waals surface area contributed by atoms with Gasteiger partial charge >= 0.3 is 0 Å². The van der Waals surface area contributed by atoms with Gasteiger partial charge in [0.25, 0.3) is 0 Å². The molecule has 21 heavy (non-hydrogen) atoms. The highest BCUT2D eigenvalue weighted by molar-refractivity contribution is 7.89. The molecule has 0 radical (unpaired) electrons. The van der Waals surface area contributed by atoms with E-state index in [2.05, 4.69) is 4.98 Å². The van der Waals surface area contributed by atoms with E-state index in [1.54, 1.807) is 18.3 Å². The molecule has 0 spiro atoms. The summed E-state index contributed by atoms with van der Waals surface area (Å²) in [6, 6.07) is 3.17. The summed E-state index contributed by atoms with van der Waals surface area (Å²) in [7, 11) is -3.64. The quantitative estimate of drug-likeness (QED) is 0.904. The summed E-state index contributed by atoms with van der Waals surface area (Å²) in [5, 5.41) is 0. The monoisotopic (exact) mass is 313 g/mol. The van der Waals surface area contributed by atoms with Crippen molar-refractivity contribution >= 4 is 10.0 Å². The molecule has 0 saturated carbocycles. The maximum atomic E-state index is 12.9. The molecule has 1 aromatic heterocycles. The lowest BCUT2D eigenvalue weighted by Crippen LogP contribution is -2.58. The second kappa shape index (κ2) is 5.31. The van der Waals surface area contributed by atoms with Crippen molar-refractivity contribution in [1.82, 2.24) is 9.29 Å². The Hall–Kier alpha value is -1.02. The van der Waals surface area contributed by atoms with E-state index in [9.17, 15) is 8.42 Å². The molecule has 0 unspecified atom stereocenters. The molecule has 1 aromatic rings. The highest BCUT2D eigenvalue weighted by atomic mass is 32.2. The van der Waals surface area contributed by atoms with Crippen LogP contribution in [-0.2, 0) is 21.3 Å². The Bertz CT molecular complexity index is 610. The van der Waals surface area contributed by atoms with Gasteiger partial charge in [-0.2, -0.15) is 4.31 Å². The van der Waals surface area contributed by atoms with Crippen LogP contribution in [0.4, 0.5) is 0 Å². The first kappa shape index (κ1) is 16.4. The first-order chi connectivity index (χ1) is 9.57. The van der Waals surface area contributed by atoms with Crippen molar-refractivity contribution in [3.8, 4) is 0 Å². The number of ether oxygens (including phenoxy) is 1. The van der Waals surface area contributed by atoms with Gasteiger partial charge < -0.3 is 10.5 Å². The van der Waals surface area contributed by atoms with Gasteiger partial charge in [0.2, 0.25) is 10.0 Å². The molecule has 7 heteroatoms. The number of sulfonamides is 1. The van der Waals surface area contributed by atoms with Crippen LogP contribution in [0.15, 0.2) is 23.2 Å². The zero-order chi connectivity index (χ0) is 15.9. The molecule has 0 bridgehead atoms. The second-order valence-electron chi connectivity index (χ2n) is 6.55. The van der Waals surface area contributed by atoms with Crippen LogP contribution in [0.1, 0.15) is 33.4 Å². The molecule has 1 aliphatic heterocycles. The molecule has 6 nitrogen and oxygen atoms in total. The van der Waals surface area contributed by atoms with Crippen molar-refractivity contribution in [3.05, 3.63) is 24.0 Å². The lowest BCUT2D eigenvalue weighted by molar-refractivity contribution is -0.163. The topological polar surface area (TPSA) is 85.5 Å². The Morgan fingerprint density at radius 2 is 1.86 bits per heavy atom. The molecule has 0 aliphatic carbocycles. The molecule has 0 amide bonds. The van der Waals surface area contributed by atoms with Gasteiger partial charge in [-0.25, -0.2) is 8.42 Å². The van der Waals surface area contributed by atoms with Gasteiger partial charge in [0.05, 0.1) is 16.9 Å². The summed E-state index contributed by atoms with van der Waals surface area (Å²) < 4.78 is 33.2. The van der Waals surface area contributed by atoms with Crippen LogP contribution in [0.5, 0.6) is 0 Å². The molecule has 2 heterocycles. The molecular formula is C14H23N3O3S. The van der Waals surface area contributed by atoms with Gasteiger partial charge in [0.1, 0.15) is 4.90 Å². The number of hydrogen-bond acceptors (Lipinski definition) is 5. The van der Waals surface area contributed by atoms with Crippen LogP contribution >= 0.6 is 0 Å². The summed E-state index contributed by atoms with van der Waals surface area (Å²) in [5.74, 6) is 0. The van der Waals surface area contributed by atoms with Gasteiger partial charge in [-0.05, 0) is 39.8 Å². The predicted molar refractivity (Wildman–Crippen MR) is 80.1 cm³/mol. The van der Waals surface area contributed by atoms with E-state index in [1.807, 2.05) is 27.7 Å². The highest BCUT2D eigenvalue weighted by Crippen LogP contribution is 2.32. The van der Waals surface area contributed by atoms with E-state index >= 15 is 0 Å². The van der Waals surface area contributed by atoms with Gasteiger partial charge in [-0.1, -0.05) is 0 Å². The van der Waals surface area contributed by atoms with Crippen molar-refractivity contribution < 1.29 is 13.2 Å². The predicted octanol–water partition coefficient (Wildman–Crippen LogP) is 1.12. The molecule has 118 valence electrons. The normalized spacial score (nSPS) is 22.1. The largest absolute Gasteiger partial charge is 0.367 e. The molecule has 2 N–H and O–H groups in total. The Kier molecular flexibility index (Phi) is 4.14. The summed E-state index contributed by atoms with van der Waals surface area (Å²) in [6.45, 7) is 8.27. The summed E-state index contributed by atoms with van der Waals surface area (Å²) in [5.41, 5.74) is 4.92. The van der Waals surface area contributed by atoms with E-state index < -0.39 is 21.2 Å². The SMILES string of the molecule is CC1(C)CN(S(=O)(=O)c2cccnc2CN)CC(C)(C)O1. The third kappa shape index (κ3) is 3.42. The Labute approximate surface area is 126 Å². The summed E-state index contributed by atoms with van der Waals surface area (Å²) >= 11 is 0. The van der Waals surface area contributed by atoms with Crippen molar-refractivity contribution in [3.63, 3.8) is 0 Å².